The standard InChI is InChI=1S/C12H24S/c1-11(2,3)9-7-8-10-13-12(4,5)6/h7-8H,9-10H2,1-6H3/b8-7-. The second kappa shape index (κ2) is 5.09. The Hall–Kier alpha value is 0.0900. The van der Waals surface area contributed by atoms with Crippen LogP contribution in [0.25, 0.3) is 0 Å². The van der Waals surface area contributed by atoms with Crippen molar-refractivity contribution in [2.24, 2.45) is 5.41 Å². The van der Waals surface area contributed by atoms with Gasteiger partial charge in [-0.3, -0.25) is 0 Å². The molecule has 1 heteroatoms. The van der Waals surface area contributed by atoms with Crippen LogP contribution in [0.3, 0.4) is 0 Å². The van der Waals surface area contributed by atoms with Crippen LogP contribution in [0.15, 0.2) is 12.2 Å². The highest BCUT2D eigenvalue weighted by Gasteiger charge is 2.09. The van der Waals surface area contributed by atoms with E-state index in [-0.39, 0.29) is 0 Å². The van der Waals surface area contributed by atoms with E-state index in [2.05, 4.69) is 53.7 Å². The van der Waals surface area contributed by atoms with Gasteiger partial charge in [0.1, 0.15) is 0 Å². The highest BCUT2D eigenvalue weighted by atomic mass is 32.2. The molecule has 0 atom stereocenters. The van der Waals surface area contributed by atoms with Crippen molar-refractivity contribution in [3.05, 3.63) is 12.2 Å². The van der Waals surface area contributed by atoms with E-state index in [1.54, 1.807) is 0 Å². The van der Waals surface area contributed by atoms with Crippen molar-refractivity contribution in [2.45, 2.75) is 52.7 Å². The summed E-state index contributed by atoms with van der Waals surface area (Å²) < 4.78 is 0.395. The summed E-state index contributed by atoms with van der Waals surface area (Å²) in [6.07, 6.45) is 5.78. The molecule has 0 unspecified atom stereocenters. The lowest BCUT2D eigenvalue weighted by molar-refractivity contribution is 0.420. The van der Waals surface area contributed by atoms with Crippen LogP contribution in [0.4, 0.5) is 0 Å². The molecule has 0 bridgehead atoms. The van der Waals surface area contributed by atoms with Gasteiger partial charge in [-0.15, -0.1) is 0 Å². The predicted molar refractivity (Wildman–Crippen MR) is 65.4 cm³/mol. The highest BCUT2D eigenvalue weighted by molar-refractivity contribution is 8.00. The second-order valence-corrected chi connectivity index (χ2v) is 7.51. The van der Waals surface area contributed by atoms with Gasteiger partial charge >= 0.3 is 0 Å². The van der Waals surface area contributed by atoms with Crippen molar-refractivity contribution in [1.82, 2.24) is 0 Å². The van der Waals surface area contributed by atoms with Gasteiger partial charge in [0.2, 0.25) is 0 Å². The smallest absolute Gasteiger partial charge is 0.0118 e. The van der Waals surface area contributed by atoms with Gasteiger partial charge in [0.25, 0.3) is 0 Å². The molecule has 0 saturated heterocycles. The van der Waals surface area contributed by atoms with E-state index in [9.17, 15) is 0 Å². The first-order chi connectivity index (χ1) is 5.71. The third kappa shape index (κ3) is 12.1. The summed E-state index contributed by atoms with van der Waals surface area (Å²) in [6, 6.07) is 0. The molecule has 0 aromatic carbocycles. The van der Waals surface area contributed by atoms with E-state index < -0.39 is 0 Å². The van der Waals surface area contributed by atoms with Gasteiger partial charge < -0.3 is 0 Å². The third-order valence-electron chi connectivity index (χ3n) is 1.51. The number of thioether (sulfide) groups is 1. The van der Waals surface area contributed by atoms with Crippen molar-refractivity contribution in [3.63, 3.8) is 0 Å². The average Bonchev–Trinajstić information content (AvgIpc) is 1.81. The zero-order valence-corrected chi connectivity index (χ0v) is 10.8. The zero-order chi connectivity index (χ0) is 10.5. The Morgan fingerprint density at radius 1 is 0.923 bits per heavy atom. The lowest BCUT2D eigenvalue weighted by atomic mass is 9.92. The van der Waals surface area contributed by atoms with E-state index in [1.807, 2.05) is 11.8 Å². The van der Waals surface area contributed by atoms with Crippen LogP contribution in [0.1, 0.15) is 48.0 Å². The first-order valence-electron chi connectivity index (χ1n) is 5.00. The van der Waals surface area contributed by atoms with E-state index in [0.29, 0.717) is 10.2 Å². The Bertz CT molecular complexity index is 155. The molecule has 0 rings (SSSR count). The van der Waals surface area contributed by atoms with Gasteiger partial charge in [0.05, 0.1) is 0 Å². The second-order valence-electron chi connectivity index (χ2n) is 5.66. The average molecular weight is 200 g/mol. The molecular weight excluding hydrogens is 176 g/mol. The molecule has 0 N–H and O–H groups in total. The molecule has 0 nitrogen and oxygen atoms in total. The molecule has 0 aromatic heterocycles. The van der Waals surface area contributed by atoms with Crippen LogP contribution in [0.5, 0.6) is 0 Å². The van der Waals surface area contributed by atoms with E-state index in [0.717, 1.165) is 5.75 Å². The lowest BCUT2D eigenvalue weighted by Gasteiger charge is -2.16. The first-order valence-corrected chi connectivity index (χ1v) is 5.98. The quantitative estimate of drug-likeness (QED) is 0.604. The van der Waals surface area contributed by atoms with Crippen LogP contribution in [-0.4, -0.2) is 10.5 Å². The summed E-state index contributed by atoms with van der Waals surface area (Å²) >= 11 is 2.00. The Morgan fingerprint density at radius 2 is 1.46 bits per heavy atom. The Morgan fingerprint density at radius 3 is 1.85 bits per heavy atom. The SMILES string of the molecule is CC(C)(C)C/C=C\CSC(C)(C)C. The van der Waals surface area contributed by atoms with Crippen LogP contribution in [0, 0.1) is 5.41 Å². The van der Waals surface area contributed by atoms with Crippen molar-refractivity contribution < 1.29 is 0 Å². The summed E-state index contributed by atoms with van der Waals surface area (Å²) in [5.41, 5.74) is 0.433. The number of hydrogen-bond donors (Lipinski definition) is 0. The Balaban J connectivity index is 3.55. The summed E-state index contributed by atoms with van der Waals surface area (Å²) in [6.45, 7) is 13.6. The van der Waals surface area contributed by atoms with E-state index in [4.69, 9.17) is 0 Å². The monoisotopic (exact) mass is 200 g/mol. The third-order valence-corrected chi connectivity index (χ3v) is 2.73. The van der Waals surface area contributed by atoms with Crippen LogP contribution < -0.4 is 0 Å². The molecule has 0 aliphatic heterocycles. The van der Waals surface area contributed by atoms with Crippen LogP contribution in [-0.2, 0) is 0 Å². The molecule has 13 heavy (non-hydrogen) atoms. The lowest BCUT2D eigenvalue weighted by Crippen LogP contribution is -2.07. The fourth-order valence-electron chi connectivity index (χ4n) is 0.803. The summed E-state index contributed by atoms with van der Waals surface area (Å²) in [5, 5.41) is 0. The van der Waals surface area contributed by atoms with E-state index >= 15 is 0 Å². The normalized spacial score (nSPS) is 14.0. The maximum Gasteiger partial charge on any atom is 0.0118 e. The minimum absolute atomic E-state index is 0.395. The fourth-order valence-corrected chi connectivity index (χ4v) is 1.54. The molecule has 0 heterocycles. The molecule has 0 radical (unpaired) electrons. The van der Waals surface area contributed by atoms with Gasteiger partial charge in [-0.2, -0.15) is 11.8 Å². The minimum atomic E-state index is 0.395. The molecule has 0 fully saturated rings. The maximum absolute atomic E-state index is 2.30. The van der Waals surface area contributed by atoms with Gasteiger partial charge in [-0.25, -0.2) is 0 Å². The summed E-state index contributed by atoms with van der Waals surface area (Å²) in [4.78, 5) is 0. The molecule has 0 saturated carbocycles. The number of hydrogen-bond acceptors (Lipinski definition) is 1. The number of rotatable bonds is 3. The first kappa shape index (κ1) is 13.1. The van der Waals surface area contributed by atoms with Crippen LogP contribution in [0.2, 0.25) is 0 Å². The Labute approximate surface area is 88.2 Å². The molecular formula is C12H24S. The van der Waals surface area contributed by atoms with Crippen molar-refractivity contribution in [3.8, 4) is 0 Å². The molecule has 0 spiro atoms. The topological polar surface area (TPSA) is 0 Å². The largest absolute Gasteiger partial charge is 0.152 e. The molecule has 0 amide bonds. The maximum atomic E-state index is 2.30. The summed E-state index contributed by atoms with van der Waals surface area (Å²) in [7, 11) is 0. The van der Waals surface area contributed by atoms with Gasteiger partial charge in [-0.05, 0) is 11.8 Å². The Kier molecular flexibility index (Phi) is 5.13. The van der Waals surface area contributed by atoms with Crippen molar-refractivity contribution in [2.75, 3.05) is 5.75 Å². The van der Waals surface area contributed by atoms with Gasteiger partial charge in [0.15, 0.2) is 0 Å². The molecule has 78 valence electrons. The minimum Gasteiger partial charge on any atom is -0.152 e. The van der Waals surface area contributed by atoms with Crippen molar-refractivity contribution in [1.29, 1.82) is 0 Å². The molecule has 0 aromatic rings. The number of allylic oxidation sites excluding steroid dienone is 1. The van der Waals surface area contributed by atoms with Gasteiger partial charge in [-0.1, -0.05) is 53.7 Å². The molecule has 0 aliphatic carbocycles. The highest BCUT2D eigenvalue weighted by Crippen LogP contribution is 2.23. The van der Waals surface area contributed by atoms with Crippen LogP contribution >= 0.6 is 11.8 Å². The van der Waals surface area contributed by atoms with E-state index in [1.165, 1.54) is 6.42 Å². The fraction of sp³-hybridized carbons (Fsp3) is 0.833. The van der Waals surface area contributed by atoms with Gasteiger partial charge in [0, 0.05) is 10.5 Å². The molecule has 0 aliphatic rings. The predicted octanol–water partition coefficient (Wildman–Crippen LogP) is 4.51. The van der Waals surface area contributed by atoms with Crippen molar-refractivity contribution >= 4 is 11.8 Å². The zero-order valence-electron chi connectivity index (χ0n) is 9.98. The summed E-state index contributed by atoms with van der Waals surface area (Å²) in [5.74, 6) is 1.14.